The van der Waals surface area contributed by atoms with E-state index >= 15 is 0 Å². The van der Waals surface area contributed by atoms with Gasteiger partial charge in [-0.25, -0.2) is 9.18 Å². The van der Waals surface area contributed by atoms with Crippen LogP contribution in [0.2, 0.25) is 0 Å². The summed E-state index contributed by atoms with van der Waals surface area (Å²) in [6.07, 6.45) is 2.93. The Morgan fingerprint density at radius 3 is 2.94 bits per heavy atom. The molecule has 0 spiro atoms. The van der Waals surface area contributed by atoms with Gasteiger partial charge in [-0.05, 0) is 25.5 Å². The van der Waals surface area contributed by atoms with Crippen molar-refractivity contribution in [3.8, 4) is 0 Å². The topological polar surface area (TPSA) is 38.3 Å². The second-order valence-corrected chi connectivity index (χ2v) is 3.47. The first-order chi connectivity index (χ1) is 8.15. The molecular formula is C13H16FNO2. The van der Waals surface area contributed by atoms with Gasteiger partial charge in [0.15, 0.2) is 0 Å². The molecule has 0 radical (unpaired) electrons. The number of aryl methyl sites for hydroxylation is 1. The highest BCUT2D eigenvalue weighted by atomic mass is 19.1. The summed E-state index contributed by atoms with van der Waals surface area (Å²) in [6.45, 7) is 4.29. The van der Waals surface area contributed by atoms with Crippen LogP contribution >= 0.6 is 0 Å². The third kappa shape index (κ3) is 4.26. The van der Waals surface area contributed by atoms with Crippen LogP contribution in [-0.4, -0.2) is 19.1 Å². The molecule has 0 amide bonds. The van der Waals surface area contributed by atoms with Crippen LogP contribution in [0, 0.1) is 12.7 Å². The lowest BCUT2D eigenvalue weighted by Crippen LogP contribution is -2.04. The van der Waals surface area contributed by atoms with E-state index in [0.29, 0.717) is 18.8 Å². The Morgan fingerprint density at radius 1 is 1.53 bits per heavy atom. The Balaban J connectivity index is 2.49. The number of halogens is 1. The predicted molar refractivity (Wildman–Crippen MR) is 65.4 cm³/mol. The highest BCUT2D eigenvalue weighted by molar-refractivity contribution is 5.81. The molecule has 0 saturated carbocycles. The number of para-hydroxylation sites is 1. The van der Waals surface area contributed by atoms with Gasteiger partial charge in [0.05, 0.1) is 12.3 Å². The minimum absolute atomic E-state index is 0.297. The average Bonchev–Trinajstić information content (AvgIpc) is 2.28. The molecule has 3 nitrogen and oxygen atoms in total. The van der Waals surface area contributed by atoms with Crippen LogP contribution in [0.4, 0.5) is 10.1 Å². The van der Waals surface area contributed by atoms with Crippen LogP contribution in [0.3, 0.4) is 0 Å². The quantitative estimate of drug-likeness (QED) is 0.632. The summed E-state index contributed by atoms with van der Waals surface area (Å²) in [5.74, 6) is -0.686. The molecule has 0 saturated heterocycles. The number of esters is 1. The summed E-state index contributed by atoms with van der Waals surface area (Å²) < 4.78 is 18.1. The summed E-state index contributed by atoms with van der Waals surface area (Å²) in [5, 5.41) is 2.91. The number of benzene rings is 1. The number of nitrogens with one attached hydrogen (secondary N) is 1. The maximum absolute atomic E-state index is 13.4. The summed E-state index contributed by atoms with van der Waals surface area (Å²) in [6, 6.07) is 4.87. The molecule has 0 aliphatic carbocycles. The largest absolute Gasteiger partial charge is 0.463 e. The zero-order valence-electron chi connectivity index (χ0n) is 10.00. The van der Waals surface area contributed by atoms with Gasteiger partial charge in [0.2, 0.25) is 0 Å². The molecule has 0 bridgehead atoms. The highest BCUT2D eigenvalue weighted by Gasteiger charge is 2.02. The van der Waals surface area contributed by atoms with Crippen molar-refractivity contribution in [1.29, 1.82) is 0 Å². The van der Waals surface area contributed by atoms with Crippen LogP contribution in [-0.2, 0) is 9.53 Å². The monoisotopic (exact) mass is 237 g/mol. The Morgan fingerprint density at radius 2 is 2.29 bits per heavy atom. The molecule has 4 heteroatoms. The van der Waals surface area contributed by atoms with Crippen molar-refractivity contribution in [3.63, 3.8) is 0 Å². The standard InChI is InChI=1S/C13H16FNO2/c1-3-17-12(16)8-5-9-15-13-10(2)6-4-7-11(13)14/h4-8,15H,3,9H2,1-2H3/b8-5+. The van der Waals surface area contributed by atoms with Crippen molar-refractivity contribution in [2.45, 2.75) is 13.8 Å². The molecule has 1 aromatic rings. The number of ether oxygens (including phenoxy) is 1. The first-order valence-electron chi connectivity index (χ1n) is 5.47. The van der Waals surface area contributed by atoms with Crippen molar-refractivity contribution in [2.24, 2.45) is 0 Å². The summed E-state index contributed by atoms with van der Waals surface area (Å²) in [4.78, 5) is 11.0. The number of rotatable bonds is 5. The van der Waals surface area contributed by atoms with Gasteiger partial charge in [-0.3, -0.25) is 0 Å². The zero-order valence-corrected chi connectivity index (χ0v) is 10.00. The Labute approximate surface area is 100 Å². The molecule has 0 aliphatic heterocycles. The molecule has 0 aromatic heterocycles. The molecule has 0 fully saturated rings. The van der Waals surface area contributed by atoms with E-state index in [-0.39, 0.29) is 11.8 Å². The fourth-order valence-electron chi connectivity index (χ4n) is 1.36. The van der Waals surface area contributed by atoms with E-state index in [9.17, 15) is 9.18 Å². The predicted octanol–water partition coefficient (Wildman–Crippen LogP) is 2.67. The minimum Gasteiger partial charge on any atom is -0.463 e. The van der Waals surface area contributed by atoms with Crippen LogP contribution in [0.5, 0.6) is 0 Å². The molecule has 1 N–H and O–H groups in total. The lowest BCUT2D eigenvalue weighted by molar-refractivity contribution is -0.137. The van der Waals surface area contributed by atoms with Gasteiger partial charge in [-0.1, -0.05) is 18.2 Å². The molecule has 0 unspecified atom stereocenters. The van der Waals surface area contributed by atoms with Crippen LogP contribution in [0.1, 0.15) is 12.5 Å². The fourth-order valence-corrected chi connectivity index (χ4v) is 1.36. The normalized spacial score (nSPS) is 10.5. The Bertz CT molecular complexity index is 396. The maximum atomic E-state index is 13.4. The highest BCUT2D eigenvalue weighted by Crippen LogP contribution is 2.18. The van der Waals surface area contributed by atoms with Gasteiger partial charge in [0.25, 0.3) is 0 Å². The third-order valence-corrected chi connectivity index (χ3v) is 2.16. The van der Waals surface area contributed by atoms with Crippen molar-refractivity contribution in [3.05, 3.63) is 41.7 Å². The van der Waals surface area contributed by atoms with Gasteiger partial charge >= 0.3 is 5.97 Å². The Hall–Kier alpha value is -1.84. The molecule has 1 aromatic carbocycles. The Kier molecular flexibility index (Phi) is 5.20. The van der Waals surface area contributed by atoms with E-state index in [1.807, 2.05) is 13.0 Å². The lowest BCUT2D eigenvalue weighted by Gasteiger charge is -2.07. The minimum atomic E-state index is -0.389. The second-order valence-electron chi connectivity index (χ2n) is 3.47. The van der Waals surface area contributed by atoms with Crippen LogP contribution in [0.25, 0.3) is 0 Å². The first-order valence-corrected chi connectivity index (χ1v) is 5.47. The smallest absolute Gasteiger partial charge is 0.330 e. The third-order valence-electron chi connectivity index (χ3n) is 2.16. The van der Waals surface area contributed by atoms with E-state index in [1.165, 1.54) is 12.1 Å². The van der Waals surface area contributed by atoms with Crippen molar-refractivity contribution < 1.29 is 13.9 Å². The summed E-state index contributed by atoms with van der Waals surface area (Å²) in [5.41, 5.74) is 1.29. The lowest BCUT2D eigenvalue weighted by atomic mass is 10.2. The second kappa shape index (κ2) is 6.68. The van der Waals surface area contributed by atoms with E-state index in [0.717, 1.165) is 5.56 Å². The van der Waals surface area contributed by atoms with Gasteiger partial charge < -0.3 is 10.1 Å². The van der Waals surface area contributed by atoms with Gasteiger partial charge in [-0.15, -0.1) is 0 Å². The maximum Gasteiger partial charge on any atom is 0.330 e. The van der Waals surface area contributed by atoms with E-state index in [2.05, 4.69) is 5.32 Å². The van der Waals surface area contributed by atoms with Crippen molar-refractivity contribution in [1.82, 2.24) is 0 Å². The van der Waals surface area contributed by atoms with Gasteiger partial charge in [0, 0.05) is 12.6 Å². The molecule has 0 atom stereocenters. The number of hydrogen-bond acceptors (Lipinski definition) is 3. The van der Waals surface area contributed by atoms with E-state index in [1.54, 1.807) is 19.1 Å². The van der Waals surface area contributed by atoms with Crippen molar-refractivity contribution in [2.75, 3.05) is 18.5 Å². The van der Waals surface area contributed by atoms with E-state index in [4.69, 9.17) is 4.74 Å². The van der Waals surface area contributed by atoms with Gasteiger partial charge in [-0.2, -0.15) is 0 Å². The first kappa shape index (κ1) is 13.2. The molecule has 0 heterocycles. The molecule has 17 heavy (non-hydrogen) atoms. The van der Waals surface area contributed by atoms with E-state index < -0.39 is 0 Å². The summed E-state index contributed by atoms with van der Waals surface area (Å²) in [7, 11) is 0. The summed E-state index contributed by atoms with van der Waals surface area (Å²) >= 11 is 0. The van der Waals surface area contributed by atoms with Crippen molar-refractivity contribution >= 4 is 11.7 Å². The zero-order chi connectivity index (χ0) is 12.7. The number of carbonyl (C=O) groups is 1. The number of anilines is 1. The molecule has 1 rings (SSSR count). The fraction of sp³-hybridized carbons (Fsp3) is 0.308. The molecule has 0 aliphatic rings. The SMILES string of the molecule is CCOC(=O)/C=C/CNc1c(C)cccc1F. The van der Waals surface area contributed by atoms with Crippen LogP contribution < -0.4 is 5.32 Å². The average molecular weight is 237 g/mol. The molecule has 92 valence electrons. The van der Waals surface area contributed by atoms with Gasteiger partial charge in [0.1, 0.15) is 5.82 Å². The van der Waals surface area contributed by atoms with Crippen LogP contribution in [0.15, 0.2) is 30.4 Å². The number of carbonyl (C=O) groups excluding carboxylic acids is 1. The molecular weight excluding hydrogens is 221 g/mol. The number of hydrogen-bond donors (Lipinski definition) is 1.